The summed E-state index contributed by atoms with van der Waals surface area (Å²) >= 11 is 0. The average molecular weight is 334 g/mol. The molecule has 0 spiro atoms. The van der Waals surface area contributed by atoms with Crippen LogP contribution in [0.2, 0.25) is 0 Å². The molecule has 0 atom stereocenters. The molecule has 0 saturated carbocycles. The largest absolute Gasteiger partial charge is 0.417 e. The fourth-order valence-corrected chi connectivity index (χ4v) is 2.31. The smallest absolute Gasteiger partial charge is 0.306 e. The van der Waals surface area contributed by atoms with E-state index in [4.69, 9.17) is 11.5 Å². The minimum atomic E-state index is -5.26. The van der Waals surface area contributed by atoms with Gasteiger partial charge in [-0.15, -0.1) is 0 Å². The summed E-state index contributed by atoms with van der Waals surface area (Å²) in [4.78, 5) is 0. The zero-order valence-electron chi connectivity index (χ0n) is 11.5. The molecule has 0 aliphatic rings. The molecule has 23 heavy (non-hydrogen) atoms. The summed E-state index contributed by atoms with van der Waals surface area (Å²) in [5.74, 6) is 0. The number of rotatable bonds is 2. The molecule has 0 saturated heterocycles. The van der Waals surface area contributed by atoms with E-state index >= 15 is 0 Å². The van der Waals surface area contributed by atoms with Crippen molar-refractivity contribution in [2.75, 3.05) is 0 Å². The lowest BCUT2D eigenvalue weighted by atomic mass is 9.86. The van der Waals surface area contributed by atoms with E-state index in [0.717, 1.165) is 12.1 Å². The quantitative estimate of drug-likeness (QED) is 0.648. The van der Waals surface area contributed by atoms with Gasteiger partial charge in [-0.2, -0.15) is 26.3 Å². The van der Waals surface area contributed by atoms with E-state index in [0.29, 0.717) is 6.07 Å². The van der Waals surface area contributed by atoms with E-state index in [1.165, 1.54) is 24.3 Å². The van der Waals surface area contributed by atoms with Gasteiger partial charge in [-0.1, -0.05) is 42.5 Å². The van der Waals surface area contributed by atoms with Crippen LogP contribution in [0, 0.1) is 0 Å². The first-order chi connectivity index (χ1) is 10.5. The summed E-state index contributed by atoms with van der Waals surface area (Å²) in [6, 6.07) is 9.29. The van der Waals surface area contributed by atoms with Gasteiger partial charge in [0.25, 0.3) is 0 Å². The molecule has 4 N–H and O–H groups in total. The van der Waals surface area contributed by atoms with Crippen LogP contribution < -0.4 is 11.5 Å². The van der Waals surface area contributed by atoms with Gasteiger partial charge in [0.2, 0.25) is 0 Å². The molecule has 0 aromatic heterocycles. The van der Waals surface area contributed by atoms with Gasteiger partial charge < -0.3 is 11.5 Å². The molecule has 2 aromatic carbocycles. The molecule has 2 nitrogen and oxygen atoms in total. The van der Waals surface area contributed by atoms with Crippen molar-refractivity contribution < 1.29 is 26.3 Å². The number of hydrogen-bond donors (Lipinski definition) is 2. The number of nitrogens with two attached hydrogens (primary N) is 2. The van der Waals surface area contributed by atoms with E-state index < -0.39 is 34.7 Å². The van der Waals surface area contributed by atoms with Crippen molar-refractivity contribution in [3.63, 3.8) is 0 Å². The number of hydrogen-bond acceptors (Lipinski definition) is 2. The lowest BCUT2D eigenvalue weighted by Gasteiger charge is -2.30. The Morgan fingerprint density at radius 1 is 0.609 bits per heavy atom. The van der Waals surface area contributed by atoms with Crippen LogP contribution in [0.4, 0.5) is 26.3 Å². The van der Waals surface area contributed by atoms with E-state index in [9.17, 15) is 26.3 Å². The topological polar surface area (TPSA) is 52.0 Å². The first-order valence-electron chi connectivity index (χ1n) is 6.37. The number of alkyl halides is 6. The van der Waals surface area contributed by atoms with Crippen LogP contribution >= 0.6 is 0 Å². The highest BCUT2D eigenvalue weighted by Crippen LogP contribution is 2.44. The van der Waals surface area contributed by atoms with Gasteiger partial charge in [0.15, 0.2) is 0 Å². The highest BCUT2D eigenvalue weighted by molar-refractivity contribution is 5.47. The third kappa shape index (κ3) is 3.32. The molecule has 0 heterocycles. The molecule has 0 aliphatic carbocycles. The van der Waals surface area contributed by atoms with E-state index in [1.807, 2.05) is 0 Å². The third-order valence-corrected chi connectivity index (χ3v) is 3.35. The van der Waals surface area contributed by atoms with Gasteiger partial charge in [-0.25, -0.2) is 0 Å². The standard InChI is InChI=1S/C15H12F6N2/c16-14(17,18)11-8-4-7-10(12(11)15(19,20)21)13(22,23)9-5-2-1-3-6-9/h1-8H,22-23H2. The van der Waals surface area contributed by atoms with Crippen LogP contribution in [0.25, 0.3) is 0 Å². The third-order valence-electron chi connectivity index (χ3n) is 3.35. The van der Waals surface area contributed by atoms with Crippen LogP contribution in [0.1, 0.15) is 22.3 Å². The fraction of sp³-hybridized carbons (Fsp3) is 0.200. The number of benzene rings is 2. The molecule has 0 radical (unpaired) electrons. The Labute approximate surface area is 127 Å². The molecular weight excluding hydrogens is 322 g/mol. The lowest BCUT2D eigenvalue weighted by molar-refractivity contribution is -0.162. The molecule has 0 unspecified atom stereocenters. The van der Waals surface area contributed by atoms with E-state index in [2.05, 4.69) is 0 Å². The number of halogens is 6. The highest BCUT2D eigenvalue weighted by Gasteiger charge is 2.47. The van der Waals surface area contributed by atoms with Gasteiger partial charge >= 0.3 is 12.4 Å². The Kier molecular flexibility index (Phi) is 4.16. The second-order valence-corrected chi connectivity index (χ2v) is 4.96. The molecule has 8 heteroatoms. The van der Waals surface area contributed by atoms with E-state index in [1.54, 1.807) is 6.07 Å². The van der Waals surface area contributed by atoms with Gasteiger partial charge in [-0.3, -0.25) is 0 Å². The molecular formula is C15H12F6N2. The van der Waals surface area contributed by atoms with Crippen molar-refractivity contribution in [1.29, 1.82) is 0 Å². The summed E-state index contributed by atoms with van der Waals surface area (Å²) in [6.45, 7) is 0. The van der Waals surface area contributed by atoms with Gasteiger partial charge in [0.05, 0.1) is 11.1 Å². The summed E-state index contributed by atoms with van der Waals surface area (Å²) in [5, 5.41) is 0. The van der Waals surface area contributed by atoms with Crippen LogP contribution in [-0.4, -0.2) is 0 Å². The zero-order valence-corrected chi connectivity index (χ0v) is 11.5. The Morgan fingerprint density at radius 2 is 1.13 bits per heavy atom. The maximum atomic E-state index is 13.3. The minimum Gasteiger partial charge on any atom is -0.306 e. The SMILES string of the molecule is NC(N)(c1ccccc1)c1cccc(C(F)(F)F)c1C(F)(F)F. The second-order valence-electron chi connectivity index (χ2n) is 4.96. The monoisotopic (exact) mass is 334 g/mol. The molecule has 0 fully saturated rings. The van der Waals surface area contributed by atoms with Gasteiger partial charge in [0, 0.05) is 5.56 Å². The van der Waals surface area contributed by atoms with Crippen molar-refractivity contribution in [3.8, 4) is 0 Å². The van der Waals surface area contributed by atoms with Crippen LogP contribution in [-0.2, 0) is 18.0 Å². The molecule has 0 amide bonds. The maximum Gasteiger partial charge on any atom is 0.417 e. The first-order valence-corrected chi connectivity index (χ1v) is 6.37. The van der Waals surface area contributed by atoms with Crippen molar-refractivity contribution in [2.45, 2.75) is 18.0 Å². The predicted molar refractivity (Wildman–Crippen MR) is 72.0 cm³/mol. The second kappa shape index (κ2) is 5.54. The molecule has 0 aliphatic heterocycles. The summed E-state index contributed by atoms with van der Waals surface area (Å²) in [7, 11) is 0. The van der Waals surface area contributed by atoms with Crippen molar-refractivity contribution in [2.24, 2.45) is 11.5 Å². The van der Waals surface area contributed by atoms with Gasteiger partial charge in [-0.05, 0) is 11.6 Å². The van der Waals surface area contributed by atoms with Gasteiger partial charge in [0.1, 0.15) is 5.66 Å². The summed E-state index contributed by atoms with van der Waals surface area (Å²) < 4.78 is 78.7. The summed E-state index contributed by atoms with van der Waals surface area (Å²) in [6.07, 6.45) is -10.5. The van der Waals surface area contributed by atoms with Crippen LogP contribution in [0.5, 0.6) is 0 Å². The first kappa shape index (κ1) is 17.3. The Morgan fingerprint density at radius 3 is 1.61 bits per heavy atom. The van der Waals surface area contributed by atoms with Crippen molar-refractivity contribution in [1.82, 2.24) is 0 Å². The fourth-order valence-electron chi connectivity index (χ4n) is 2.31. The van der Waals surface area contributed by atoms with E-state index in [-0.39, 0.29) is 5.56 Å². The Balaban J connectivity index is 2.78. The zero-order chi connectivity index (χ0) is 17.5. The summed E-state index contributed by atoms with van der Waals surface area (Å²) in [5.41, 5.74) is 4.85. The molecule has 2 rings (SSSR count). The van der Waals surface area contributed by atoms with Crippen LogP contribution in [0.3, 0.4) is 0 Å². The van der Waals surface area contributed by atoms with Crippen molar-refractivity contribution in [3.05, 3.63) is 70.8 Å². The normalized spacial score (nSPS) is 13.2. The Bertz CT molecular complexity index is 689. The highest BCUT2D eigenvalue weighted by atomic mass is 19.4. The average Bonchev–Trinajstić information content (AvgIpc) is 2.45. The maximum absolute atomic E-state index is 13.3. The molecule has 124 valence electrons. The van der Waals surface area contributed by atoms with Crippen LogP contribution in [0.15, 0.2) is 48.5 Å². The Hall–Kier alpha value is -2.06. The van der Waals surface area contributed by atoms with Crippen molar-refractivity contribution >= 4 is 0 Å². The lowest BCUT2D eigenvalue weighted by Crippen LogP contribution is -2.48. The predicted octanol–water partition coefficient (Wildman–Crippen LogP) is 3.84. The molecule has 0 bridgehead atoms. The minimum absolute atomic E-state index is 0.0600. The molecule has 2 aromatic rings.